The van der Waals surface area contributed by atoms with Crippen molar-refractivity contribution in [3.63, 3.8) is 0 Å². The van der Waals surface area contributed by atoms with Crippen molar-refractivity contribution in [2.75, 3.05) is 11.9 Å². The van der Waals surface area contributed by atoms with Gasteiger partial charge in [0.05, 0.1) is 17.3 Å². The SMILES string of the molecule is CN(Cc1nc2c(oc3ccc(Br)cc32)c(=O)[nH]1)c1ccccc1Cl. The van der Waals surface area contributed by atoms with Crippen LogP contribution in [0.2, 0.25) is 5.02 Å². The lowest BCUT2D eigenvalue weighted by Crippen LogP contribution is -2.21. The van der Waals surface area contributed by atoms with Crippen LogP contribution in [0.25, 0.3) is 22.1 Å². The van der Waals surface area contributed by atoms with Crippen LogP contribution in [-0.4, -0.2) is 17.0 Å². The highest BCUT2D eigenvalue weighted by Gasteiger charge is 2.15. The summed E-state index contributed by atoms with van der Waals surface area (Å²) in [7, 11) is 1.90. The van der Waals surface area contributed by atoms with E-state index in [0.29, 0.717) is 28.5 Å². The Morgan fingerprint density at radius 3 is 2.88 bits per heavy atom. The van der Waals surface area contributed by atoms with E-state index in [9.17, 15) is 4.79 Å². The van der Waals surface area contributed by atoms with Crippen LogP contribution in [0.5, 0.6) is 0 Å². The smallest absolute Gasteiger partial charge is 0.294 e. The summed E-state index contributed by atoms with van der Waals surface area (Å²) < 4.78 is 6.54. The van der Waals surface area contributed by atoms with E-state index in [-0.39, 0.29) is 11.1 Å². The van der Waals surface area contributed by atoms with Gasteiger partial charge < -0.3 is 14.3 Å². The largest absolute Gasteiger partial charge is 0.449 e. The van der Waals surface area contributed by atoms with Gasteiger partial charge in [0.25, 0.3) is 5.56 Å². The lowest BCUT2D eigenvalue weighted by atomic mass is 10.2. The van der Waals surface area contributed by atoms with E-state index < -0.39 is 0 Å². The zero-order valence-corrected chi connectivity index (χ0v) is 15.6. The molecule has 126 valence electrons. The van der Waals surface area contributed by atoms with Crippen molar-refractivity contribution in [1.82, 2.24) is 9.97 Å². The predicted molar refractivity (Wildman–Crippen MR) is 103 cm³/mol. The molecule has 1 N–H and O–H groups in total. The monoisotopic (exact) mass is 417 g/mol. The van der Waals surface area contributed by atoms with Crippen LogP contribution in [0, 0.1) is 0 Å². The normalized spacial score (nSPS) is 11.3. The number of nitrogens with zero attached hydrogens (tertiary/aromatic N) is 2. The molecule has 0 aliphatic carbocycles. The number of aromatic amines is 1. The Labute approximate surface area is 156 Å². The minimum absolute atomic E-state index is 0.234. The van der Waals surface area contributed by atoms with Gasteiger partial charge in [-0.3, -0.25) is 4.79 Å². The Balaban J connectivity index is 1.80. The number of H-pyrrole nitrogens is 1. The van der Waals surface area contributed by atoms with Crippen LogP contribution in [0.3, 0.4) is 0 Å². The fraction of sp³-hybridized carbons (Fsp3) is 0.111. The average Bonchev–Trinajstić information content (AvgIpc) is 2.94. The summed E-state index contributed by atoms with van der Waals surface area (Å²) in [5.74, 6) is 0.544. The van der Waals surface area contributed by atoms with E-state index in [4.69, 9.17) is 16.0 Å². The molecule has 2 aromatic carbocycles. The maximum absolute atomic E-state index is 12.4. The summed E-state index contributed by atoms with van der Waals surface area (Å²) in [6.07, 6.45) is 0. The first-order valence-electron chi connectivity index (χ1n) is 7.59. The zero-order valence-electron chi connectivity index (χ0n) is 13.2. The van der Waals surface area contributed by atoms with E-state index in [2.05, 4.69) is 25.9 Å². The van der Waals surface area contributed by atoms with Gasteiger partial charge in [-0.25, -0.2) is 4.98 Å². The number of benzene rings is 2. The second-order valence-corrected chi connectivity index (χ2v) is 7.06. The summed E-state index contributed by atoms with van der Waals surface area (Å²) in [4.78, 5) is 21.7. The number of anilines is 1. The van der Waals surface area contributed by atoms with Crippen molar-refractivity contribution < 1.29 is 4.42 Å². The highest BCUT2D eigenvalue weighted by Crippen LogP contribution is 2.28. The molecule has 0 unspecified atom stereocenters. The average molecular weight is 419 g/mol. The molecular formula is C18H13BrClN3O2. The number of nitrogens with one attached hydrogen (secondary N) is 1. The number of fused-ring (bicyclic) bond motifs is 3. The van der Waals surface area contributed by atoms with Gasteiger partial charge in [0.2, 0.25) is 5.58 Å². The Morgan fingerprint density at radius 1 is 1.28 bits per heavy atom. The molecule has 2 heterocycles. The van der Waals surface area contributed by atoms with Crippen molar-refractivity contribution in [1.29, 1.82) is 0 Å². The minimum atomic E-state index is -0.292. The molecule has 0 aliphatic rings. The maximum Gasteiger partial charge on any atom is 0.294 e. The molecule has 0 fully saturated rings. The van der Waals surface area contributed by atoms with Gasteiger partial charge in [-0.2, -0.15) is 0 Å². The first kappa shape index (κ1) is 16.2. The topological polar surface area (TPSA) is 62.1 Å². The first-order chi connectivity index (χ1) is 12.0. The van der Waals surface area contributed by atoms with Crippen molar-refractivity contribution >= 4 is 55.3 Å². The third-order valence-corrected chi connectivity index (χ3v) is 4.80. The Morgan fingerprint density at radius 2 is 2.08 bits per heavy atom. The van der Waals surface area contributed by atoms with Gasteiger partial charge in [0, 0.05) is 16.9 Å². The van der Waals surface area contributed by atoms with Crippen LogP contribution in [0.1, 0.15) is 5.82 Å². The first-order valence-corrected chi connectivity index (χ1v) is 8.76. The molecule has 0 aliphatic heterocycles. The van der Waals surface area contributed by atoms with Crippen LogP contribution in [0.15, 0.2) is 56.1 Å². The molecule has 0 saturated heterocycles. The Kier molecular flexibility index (Phi) is 4.01. The molecule has 0 bridgehead atoms. The highest BCUT2D eigenvalue weighted by molar-refractivity contribution is 9.10. The maximum atomic E-state index is 12.4. The van der Waals surface area contributed by atoms with Crippen molar-refractivity contribution in [2.45, 2.75) is 6.54 Å². The van der Waals surface area contributed by atoms with Crippen LogP contribution in [-0.2, 0) is 6.54 Å². The summed E-state index contributed by atoms with van der Waals surface area (Å²) >= 11 is 9.68. The molecule has 0 amide bonds. The molecule has 5 nitrogen and oxygen atoms in total. The Bertz CT molecular complexity index is 1150. The van der Waals surface area contributed by atoms with E-state index in [1.165, 1.54) is 0 Å². The molecule has 0 saturated carbocycles. The number of aromatic nitrogens is 2. The number of rotatable bonds is 3. The third kappa shape index (κ3) is 2.92. The quantitative estimate of drug-likeness (QED) is 0.523. The predicted octanol–water partition coefficient (Wildman–Crippen LogP) is 4.72. The second-order valence-electron chi connectivity index (χ2n) is 5.74. The molecule has 2 aromatic heterocycles. The zero-order chi connectivity index (χ0) is 17.6. The molecule has 4 rings (SSSR count). The number of hydrogen-bond donors (Lipinski definition) is 1. The standard InChI is InChI=1S/C18H13BrClN3O2/c1-23(13-5-3-2-4-12(13)20)9-15-21-16-11-8-10(19)6-7-14(11)25-17(16)18(24)22-15/h2-8H,9H2,1H3,(H,21,22,24). The van der Waals surface area contributed by atoms with Crippen LogP contribution >= 0.6 is 27.5 Å². The fourth-order valence-electron chi connectivity index (χ4n) is 2.82. The van der Waals surface area contributed by atoms with Gasteiger partial charge >= 0.3 is 0 Å². The highest BCUT2D eigenvalue weighted by atomic mass is 79.9. The van der Waals surface area contributed by atoms with E-state index in [0.717, 1.165) is 15.5 Å². The van der Waals surface area contributed by atoms with Crippen LogP contribution < -0.4 is 10.5 Å². The molecule has 0 spiro atoms. The molecule has 0 radical (unpaired) electrons. The van der Waals surface area contributed by atoms with Gasteiger partial charge in [0.1, 0.15) is 16.9 Å². The number of hydrogen-bond acceptors (Lipinski definition) is 4. The summed E-state index contributed by atoms with van der Waals surface area (Å²) in [5.41, 5.74) is 2.00. The van der Waals surface area contributed by atoms with E-state index in [1.54, 1.807) is 0 Å². The second kappa shape index (κ2) is 6.20. The van der Waals surface area contributed by atoms with E-state index >= 15 is 0 Å². The van der Waals surface area contributed by atoms with Crippen molar-refractivity contribution in [3.8, 4) is 0 Å². The summed E-state index contributed by atoms with van der Waals surface area (Å²) in [6, 6.07) is 13.1. The molecule has 7 heteroatoms. The molecular weight excluding hydrogens is 406 g/mol. The number of para-hydroxylation sites is 1. The third-order valence-electron chi connectivity index (χ3n) is 3.99. The summed E-state index contributed by atoms with van der Waals surface area (Å²) in [6.45, 7) is 0.412. The lowest BCUT2D eigenvalue weighted by molar-refractivity contribution is 0.658. The molecule has 4 aromatic rings. The number of halogens is 2. The van der Waals surface area contributed by atoms with E-state index in [1.807, 2.05) is 54.4 Å². The molecule has 25 heavy (non-hydrogen) atoms. The van der Waals surface area contributed by atoms with Gasteiger partial charge in [-0.15, -0.1) is 0 Å². The van der Waals surface area contributed by atoms with Gasteiger partial charge in [-0.05, 0) is 30.3 Å². The lowest BCUT2D eigenvalue weighted by Gasteiger charge is -2.19. The fourth-order valence-corrected chi connectivity index (χ4v) is 3.46. The van der Waals surface area contributed by atoms with Gasteiger partial charge in [-0.1, -0.05) is 39.7 Å². The van der Waals surface area contributed by atoms with Gasteiger partial charge in [0.15, 0.2) is 0 Å². The summed E-state index contributed by atoms with van der Waals surface area (Å²) in [5, 5.41) is 1.45. The minimum Gasteiger partial charge on any atom is -0.449 e. The van der Waals surface area contributed by atoms with Crippen LogP contribution in [0.4, 0.5) is 5.69 Å². The van der Waals surface area contributed by atoms with Crippen molar-refractivity contribution in [3.05, 3.63) is 68.1 Å². The molecule has 0 atom stereocenters. The van der Waals surface area contributed by atoms with Crippen molar-refractivity contribution in [2.24, 2.45) is 0 Å². The Hall–Kier alpha value is -2.31. The number of furan rings is 1.